The lowest BCUT2D eigenvalue weighted by molar-refractivity contribution is -0.118. The van der Waals surface area contributed by atoms with Gasteiger partial charge in [0, 0.05) is 24.3 Å². The van der Waals surface area contributed by atoms with Gasteiger partial charge in [-0.05, 0) is 62.1 Å². The lowest BCUT2D eigenvalue weighted by Crippen LogP contribution is -2.31. The summed E-state index contributed by atoms with van der Waals surface area (Å²) in [5, 5.41) is 0. The van der Waals surface area contributed by atoms with Gasteiger partial charge in [0.1, 0.15) is 0 Å². The van der Waals surface area contributed by atoms with E-state index in [0.29, 0.717) is 19.4 Å². The highest BCUT2D eigenvalue weighted by atomic mass is 16.2. The molecular formula is C19H24N2O. The molecule has 2 aromatic rings. The molecule has 3 nitrogen and oxygen atoms in total. The topological polar surface area (TPSA) is 46.3 Å². The highest BCUT2D eigenvalue weighted by Crippen LogP contribution is 2.20. The molecule has 116 valence electrons. The quantitative estimate of drug-likeness (QED) is 0.851. The highest BCUT2D eigenvalue weighted by molar-refractivity contribution is 5.93. The van der Waals surface area contributed by atoms with Crippen molar-refractivity contribution >= 4 is 17.3 Å². The van der Waals surface area contributed by atoms with Crippen LogP contribution in [-0.4, -0.2) is 12.5 Å². The summed E-state index contributed by atoms with van der Waals surface area (Å²) in [6.45, 7) is 6.79. The molecule has 0 saturated heterocycles. The van der Waals surface area contributed by atoms with Gasteiger partial charge in [-0.15, -0.1) is 0 Å². The summed E-state index contributed by atoms with van der Waals surface area (Å²) in [6.07, 6.45) is 1.14. The van der Waals surface area contributed by atoms with Crippen LogP contribution in [0.4, 0.5) is 11.4 Å². The van der Waals surface area contributed by atoms with Gasteiger partial charge in [-0.1, -0.05) is 24.3 Å². The summed E-state index contributed by atoms with van der Waals surface area (Å²) in [5.74, 6) is 0.135. The summed E-state index contributed by atoms with van der Waals surface area (Å²) >= 11 is 0. The monoisotopic (exact) mass is 296 g/mol. The van der Waals surface area contributed by atoms with Crippen LogP contribution in [0, 0.1) is 13.8 Å². The summed E-state index contributed by atoms with van der Waals surface area (Å²) in [7, 11) is 0. The van der Waals surface area contributed by atoms with E-state index in [9.17, 15) is 4.79 Å². The van der Waals surface area contributed by atoms with Gasteiger partial charge in [0.15, 0.2) is 0 Å². The molecule has 2 aromatic carbocycles. The minimum atomic E-state index is 0.135. The molecular weight excluding hydrogens is 272 g/mol. The fraction of sp³-hybridized carbons (Fsp3) is 0.316. The average molecular weight is 296 g/mol. The third-order valence-corrected chi connectivity index (χ3v) is 3.80. The Morgan fingerprint density at radius 2 is 1.73 bits per heavy atom. The maximum atomic E-state index is 12.6. The van der Waals surface area contributed by atoms with Gasteiger partial charge in [0.05, 0.1) is 0 Å². The van der Waals surface area contributed by atoms with Crippen LogP contribution in [0.1, 0.15) is 30.0 Å². The number of anilines is 2. The molecule has 0 bridgehead atoms. The Bertz CT molecular complexity index is 644. The molecule has 2 N–H and O–H groups in total. The van der Waals surface area contributed by atoms with E-state index in [-0.39, 0.29) is 5.91 Å². The van der Waals surface area contributed by atoms with Gasteiger partial charge < -0.3 is 10.6 Å². The number of nitrogen functional groups attached to an aromatic ring is 1. The first-order valence-corrected chi connectivity index (χ1v) is 7.73. The van der Waals surface area contributed by atoms with Crippen LogP contribution in [0.5, 0.6) is 0 Å². The number of rotatable bonds is 5. The molecule has 0 spiro atoms. The van der Waals surface area contributed by atoms with Crippen molar-refractivity contribution in [3.63, 3.8) is 0 Å². The Hall–Kier alpha value is -2.29. The van der Waals surface area contributed by atoms with Crippen LogP contribution in [-0.2, 0) is 11.2 Å². The van der Waals surface area contributed by atoms with Crippen LogP contribution in [0.2, 0.25) is 0 Å². The normalized spacial score (nSPS) is 10.5. The Balaban J connectivity index is 2.10. The summed E-state index contributed by atoms with van der Waals surface area (Å²) in [6, 6.07) is 14.0. The van der Waals surface area contributed by atoms with Crippen LogP contribution in [0.15, 0.2) is 42.5 Å². The van der Waals surface area contributed by atoms with E-state index in [1.165, 1.54) is 11.1 Å². The first-order chi connectivity index (χ1) is 10.5. The predicted octanol–water partition coefficient (Wildman–Crippen LogP) is 3.87. The molecule has 0 unspecified atom stereocenters. The van der Waals surface area contributed by atoms with Crippen molar-refractivity contribution in [3.8, 4) is 0 Å². The van der Waals surface area contributed by atoms with Crippen molar-refractivity contribution in [2.24, 2.45) is 0 Å². The van der Waals surface area contributed by atoms with Crippen molar-refractivity contribution < 1.29 is 4.79 Å². The summed E-state index contributed by atoms with van der Waals surface area (Å²) < 4.78 is 0. The predicted molar refractivity (Wildman–Crippen MR) is 93.1 cm³/mol. The molecule has 0 aliphatic carbocycles. The number of para-hydroxylation sites is 1. The molecule has 2 rings (SSSR count). The third kappa shape index (κ3) is 3.88. The average Bonchev–Trinajstić information content (AvgIpc) is 2.46. The number of hydrogen-bond acceptors (Lipinski definition) is 2. The van der Waals surface area contributed by atoms with Crippen LogP contribution in [0.25, 0.3) is 0 Å². The fourth-order valence-electron chi connectivity index (χ4n) is 2.75. The second-order valence-corrected chi connectivity index (χ2v) is 5.68. The smallest absolute Gasteiger partial charge is 0.227 e. The zero-order valence-corrected chi connectivity index (χ0v) is 13.6. The highest BCUT2D eigenvalue weighted by Gasteiger charge is 2.15. The van der Waals surface area contributed by atoms with Crippen molar-refractivity contribution in [3.05, 3.63) is 59.2 Å². The fourth-order valence-corrected chi connectivity index (χ4v) is 2.75. The molecule has 0 aromatic heterocycles. The third-order valence-electron chi connectivity index (χ3n) is 3.80. The molecule has 1 amide bonds. The molecule has 0 saturated carbocycles. The lowest BCUT2D eigenvalue weighted by Gasteiger charge is -2.22. The molecule has 0 radical (unpaired) electrons. The van der Waals surface area contributed by atoms with E-state index >= 15 is 0 Å². The van der Waals surface area contributed by atoms with Gasteiger partial charge in [0.2, 0.25) is 5.91 Å². The largest absolute Gasteiger partial charge is 0.399 e. The van der Waals surface area contributed by atoms with Crippen molar-refractivity contribution in [2.75, 3.05) is 17.2 Å². The maximum Gasteiger partial charge on any atom is 0.227 e. The standard InChI is InChI=1S/C19H24N2O/c1-4-21(17-12-14(2)11-15(3)13-17)19(22)10-9-16-7-5-6-8-18(16)20/h5-8,11-13H,4,9-10,20H2,1-3H3. The number of nitrogens with zero attached hydrogens (tertiary/aromatic N) is 1. The van der Waals surface area contributed by atoms with Gasteiger partial charge in [-0.25, -0.2) is 0 Å². The number of aryl methyl sites for hydroxylation is 3. The SMILES string of the molecule is CCN(C(=O)CCc1ccccc1N)c1cc(C)cc(C)c1. The Morgan fingerprint density at radius 1 is 1.09 bits per heavy atom. The zero-order chi connectivity index (χ0) is 16.1. The number of carbonyl (C=O) groups is 1. The van der Waals surface area contributed by atoms with Crippen molar-refractivity contribution in [1.29, 1.82) is 0 Å². The van der Waals surface area contributed by atoms with E-state index in [2.05, 4.69) is 32.0 Å². The van der Waals surface area contributed by atoms with Crippen molar-refractivity contribution in [1.82, 2.24) is 0 Å². The first kappa shape index (κ1) is 16.1. The minimum Gasteiger partial charge on any atom is -0.399 e. The van der Waals surface area contributed by atoms with Gasteiger partial charge in [0.25, 0.3) is 0 Å². The molecule has 0 heterocycles. The summed E-state index contributed by atoms with van der Waals surface area (Å²) in [5.41, 5.74) is 11.1. The number of benzene rings is 2. The lowest BCUT2D eigenvalue weighted by atomic mass is 10.1. The molecule has 0 atom stereocenters. The summed E-state index contributed by atoms with van der Waals surface area (Å²) in [4.78, 5) is 14.4. The van der Waals surface area contributed by atoms with E-state index < -0.39 is 0 Å². The molecule has 0 fully saturated rings. The molecule has 0 aliphatic heterocycles. The number of amides is 1. The second kappa shape index (κ2) is 7.12. The van der Waals surface area contributed by atoms with Gasteiger partial charge in [-0.3, -0.25) is 4.79 Å². The Morgan fingerprint density at radius 3 is 2.32 bits per heavy atom. The van der Waals surface area contributed by atoms with Crippen LogP contribution in [0.3, 0.4) is 0 Å². The Kier molecular flexibility index (Phi) is 5.21. The van der Waals surface area contributed by atoms with E-state index in [1.807, 2.05) is 36.1 Å². The molecule has 0 aliphatic rings. The van der Waals surface area contributed by atoms with Crippen LogP contribution >= 0.6 is 0 Å². The van der Waals surface area contributed by atoms with Gasteiger partial charge >= 0.3 is 0 Å². The number of carbonyl (C=O) groups excluding carboxylic acids is 1. The van der Waals surface area contributed by atoms with E-state index in [4.69, 9.17) is 5.73 Å². The molecule has 3 heteroatoms. The van der Waals surface area contributed by atoms with Crippen molar-refractivity contribution in [2.45, 2.75) is 33.6 Å². The number of hydrogen-bond donors (Lipinski definition) is 1. The first-order valence-electron chi connectivity index (χ1n) is 7.73. The number of nitrogens with two attached hydrogens (primary N) is 1. The van der Waals surface area contributed by atoms with E-state index in [0.717, 1.165) is 16.9 Å². The van der Waals surface area contributed by atoms with Crippen LogP contribution < -0.4 is 10.6 Å². The Labute approximate surface area is 132 Å². The maximum absolute atomic E-state index is 12.6. The van der Waals surface area contributed by atoms with Gasteiger partial charge in [-0.2, -0.15) is 0 Å². The van der Waals surface area contributed by atoms with E-state index in [1.54, 1.807) is 0 Å². The minimum absolute atomic E-state index is 0.135. The molecule has 22 heavy (non-hydrogen) atoms. The zero-order valence-electron chi connectivity index (χ0n) is 13.6. The second-order valence-electron chi connectivity index (χ2n) is 5.68.